The lowest BCUT2D eigenvalue weighted by molar-refractivity contribution is -0.121. The fourth-order valence-electron chi connectivity index (χ4n) is 2.27. The van der Waals surface area contributed by atoms with Crippen LogP contribution in [0.4, 0.5) is 0 Å². The number of carbonyl (C=O) groups excluding carboxylic acids is 1. The summed E-state index contributed by atoms with van der Waals surface area (Å²) >= 11 is 1.39. The normalized spacial score (nSPS) is 31.9. The molecule has 2 fully saturated rings. The first-order chi connectivity index (χ1) is 8.46. The molecule has 2 atom stereocenters. The molecule has 2 aliphatic heterocycles. The molecule has 8 heteroatoms. The topological polar surface area (TPSA) is 76.0 Å². The number of aliphatic imine (C=N–C) groups is 1. The van der Waals surface area contributed by atoms with Crippen molar-refractivity contribution < 1.29 is 17.9 Å². The molecule has 18 heavy (non-hydrogen) atoms. The van der Waals surface area contributed by atoms with Gasteiger partial charge in [0.15, 0.2) is 15.0 Å². The number of thioether (sulfide) groups is 1. The van der Waals surface area contributed by atoms with Crippen molar-refractivity contribution in [1.29, 1.82) is 0 Å². The van der Waals surface area contributed by atoms with Crippen molar-refractivity contribution in [3.63, 3.8) is 0 Å². The van der Waals surface area contributed by atoms with Crippen LogP contribution in [0.3, 0.4) is 0 Å². The maximum absolute atomic E-state index is 11.6. The minimum atomic E-state index is -2.94. The average molecular weight is 292 g/mol. The number of hydrogen-bond donors (Lipinski definition) is 0. The van der Waals surface area contributed by atoms with E-state index in [-0.39, 0.29) is 35.3 Å². The van der Waals surface area contributed by atoms with Crippen molar-refractivity contribution in [1.82, 2.24) is 4.90 Å². The van der Waals surface area contributed by atoms with Gasteiger partial charge in [-0.15, -0.1) is 0 Å². The van der Waals surface area contributed by atoms with Crippen LogP contribution in [-0.2, 0) is 19.4 Å². The van der Waals surface area contributed by atoms with Gasteiger partial charge < -0.3 is 9.64 Å². The monoisotopic (exact) mass is 292 g/mol. The summed E-state index contributed by atoms with van der Waals surface area (Å²) in [5.74, 6) is 0.00745. The summed E-state index contributed by atoms with van der Waals surface area (Å²) < 4.78 is 27.9. The smallest absolute Gasteiger partial charge is 0.274 e. The molecule has 1 amide bonds. The number of fused-ring (bicyclic) bond motifs is 1. The molecule has 0 saturated carbocycles. The summed E-state index contributed by atoms with van der Waals surface area (Å²) in [6.45, 7) is 2.54. The Morgan fingerprint density at radius 1 is 1.56 bits per heavy atom. The molecular weight excluding hydrogens is 276 g/mol. The first kappa shape index (κ1) is 13.8. The summed E-state index contributed by atoms with van der Waals surface area (Å²) in [5, 5.41) is 0.633. The summed E-state index contributed by atoms with van der Waals surface area (Å²) in [6, 6.07) is -0.0425. The molecule has 0 aromatic rings. The predicted octanol–water partition coefficient (Wildman–Crippen LogP) is -0.250. The number of ether oxygens (including phenoxy) is 1. The van der Waals surface area contributed by atoms with Crippen LogP contribution < -0.4 is 0 Å². The first-order valence-corrected chi connectivity index (χ1v) is 8.41. The Morgan fingerprint density at radius 2 is 2.28 bits per heavy atom. The van der Waals surface area contributed by atoms with Crippen molar-refractivity contribution in [3.8, 4) is 0 Å². The molecule has 0 bridgehead atoms. The number of nitrogens with zero attached hydrogens (tertiary/aromatic N) is 2. The summed E-state index contributed by atoms with van der Waals surface area (Å²) in [7, 11) is -1.49. The Balaban J connectivity index is 2.16. The number of hydrogen-bond acceptors (Lipinski definition) is 5. The molecule has 2 unspecified atom stereocenters. The van der Waals surface area contributed by atoms with Crippen molar-refractivity contribution >= 4 is 32.7 Å². The van der Waals surface area contributed by atoms with Gasteiger partial charge in [-0.3, -0.25) is 4.79 Å². The van der Waals surface area contributed by atoms with Crippen LogP contribution in [0.2, 0.25) is 0 Å². The zero-order chi connectivity index (χ0) is 13.3. The van der Waals surface area contributed by atoms with Gasteiger partial charge in [-0.2, -0.15) is 4.99 Å². The highest BCUT2D eigenvalue weighted by Crippen LogP contribution is 2.37. The van der Waals surface area contributed by atoms with Crippen LogP contribution in [0.1, 0.15) is 6.92 Å². The number of methoxy groups -OCH3 is 1. The largest absolute Gasteiger partial charge is 0.375 e. The van der Waals surface area contributed by atoms with Gasteiger partial charge in [-0.25, -0.2) is 8.42 Å². The lowest BCUT2D eigenvalue weighted by Crippen LogP contribution is -2.37. The Bertz CT molecular complexity index is 474. The molecule has 0 radical (unpaired) electrons. The summed E-state index contributed by atoms with van der Waals surface area (Å²) in [6.07, 6.45) is 0. The summed E-state index contributed by atoms with van der Waals surface area (Å²) in [4.78, 5) is 17.3. The second-order valence-corrected chi connectivity index (χ2v) is 7.67. The Labute approximate surface area is 111 Å². The molecule has 102 valence electrons. The Morgan fingerprint density at radius 3 is 2.89 bits per heavy atom. The molecule has 2 aliphatic rings. The standard InChI is InChI=1S/C10H16N2O4S2/c1-3-12-7-5-18(14,15)6-8(7)17-10(12)11-9(13)4-16-2/h7-8H,3-6H2,1-2H3. The molecule has 0 aliphatic carbocycles. The van der Waals surface area contributed by atoms with E-state index in [0.29, 0.717) is 11.7 Å². The second-order valence-electron chi connectivity index (χ2n) is 4.31. The third-order valence-corrected chi connectivity index (χ3v) is 6.25. The zero-order valence-corrected chi connectivity index (χ0v) is 12.0. The average Bonchev–Trinajstić information content (AvgIpc) is 2.69. The lowest BCUT2D eigenvalue weighted by Gasteiger charge is -2.22. The fraction of sp³-hybridized carbons (Fsp3) is 0.800. The van der Waals surface area contributed by atoms with Crippen LogP contribution in [0, 0.1) is 0 Å². The zero-order valence-electron chi connectivity index (χ0n) is 10.3. The molecule has 0 N–H and O–H groups in total. The third kappa shape index (κ3) is 2.70. The van der Waals surface area contributed by atoms with Crippen molar-refractivity contribution in [2.75, 3.05) is 31.8 Å². The van der Waals surface area contributed by atoms with Gasteiger partial charge in [0.25, 0.3) is 5.91 Å². The second kappa shape index (κ2) is 5.18. The number of sulfone groups is 1. The Kier molecular flexibility index (Phi) is 3.98. The molecule has 2 rings (SSSR count). The van der Waals surface area contributed by atoms with E-state index in [9.17, 15) is 13.2 Å². The van der Waals surface area contributed by atoms with Gasteiger partial charge in [-0.1, -0.05) is 11.8 Å². The van der Waals surface area contributed by atoms with Gasteiger partial charge in [0.1, 0.15) is 6.61 Å². The highest BCUT2D eigenvalue weighted by Gasteiger charge is 2.48. The van der Waals surface area contributed by atoms with E-state index in [1.807, 2.05) is 11.8 Å². The molecule has 2 heterocycles. The predicted molar refractivity (Wildman–Crippen MR) is 70.5 cm³/mol. The maximum Gasteiger partial charge on any atom is 0.274 e. The Hall–Kier alpha value is -0.600. The lowest BCUT2D eigenvalue weighted by atomic mass is 10.2. The molecule has 0 aromatic heterocycles. The number of carbonyl (C=O) groups is 1. The molecule has 2 saturated heterocycles. The van der Waals surface area contributed by atoms with Crippen LogP contribution >= 0.6 is 11.8 Å². The van der Waals surface area contributed by atoms with E-state index < -0.39 is 9.84 Å². The van der Waals surface area contributed by atoms with Crippen LogP contribution in [0.25, 0.3) is 0 Å². The van der Waals surface area contributed by atoms with Crippen molar-refractivity contribution in [3.05, 3.63) is 0 Å². The van der Waals surface area contributed by atoms with E-state index in [1.165, 1.54) is 18.9 Å². The molecule has 0 spiro atoms. The van der Waals surface area contributed by atoms with Crippen molar-refractivity contribution in [2.45, 2.75) is 18.2 Å². The van der Waals surface area contributed by atoms with Gasteiger partial charge in [0, 0.05) is 18.9 Å². The maximum atomic E-state index is 11.6. The third-order valence-electron chi connectivity index (χ3n) is 3.00. The molecule has 0 aromatic carbocycles. The minimum absolute atomic E-state index is 0.00375. The quantitative estimate of drug-likeness (QED) is 0.714. The SMILES string of the molecule is CCN1C(=NC(=O)COC)SC2CS(=O)(=O)CC21. The fourth-order valence-corrected chi connectivity index (χ4v) is 6.30. The van der Waals surface area contributed by atoms with Crippen molar-refractivity contribution in [2.24, 2.45) is 4.99 Å². The highest BCUT2D eigenvalue weighted by molar-refractivity contribution is 8.15. The highest BCUT2D eigenvalue weighted by atomic mass is 32.2. The van der Waals surface area contributed by atoms with Crippen LogP contribution in [0.15, 0.2) is 4.99 Å². The van der Waals surface area contributed by atoms with Crippen LogP contribution in [0.5, 0.6) is 0 Å². The van der Waals surface area contributed by atoms with E-state index in [0.717, 1.165) is 0 Å². The van der Waals surface area contributed by atoms with E-state index in [4.69, 9.17) is 4.74 Å². The van der Waals surface area contributed by atoms with Gasteiger partial charge in [0.2, 0.25) is 0 Å². The van der Waals surface area contributed by atoms with E-state index >= 15 is 0 Å². The van der Waals surface area contributed by atoms with Gasteiger partial charge in [0.05, 0.1) is 17.5 Å². The molecular formula is C10H16N2O4S2. The van der Waals surface area contributed by atoms with Gasteiger partial charge >= 0.3 is 0 Å². The van der Waals surface area contributed by atoms with Crippen LogP contribution in [-0.4, -0.2) is 67.5 Å². The number of amides is 1. The minimum Gasteiger partial charge on any atom is -0.375 e. The first-order valence-electron chi connectivity index (χ1n) is 5.71. The van der Waals surface area contributed by atoms with E-state index in [1.54, 1.807) is 0 Å². The number of rotatable bonds is 3. The molecule has 6 nitrogen and oxygen atoms in total. The van der Waals surface area contributed by atoms with E-state index in [2.05, 4.69) is 4.99 Å². The number of amidine groups is 1. The van der Waals surface area contributed by atoms with Gasteiger partial charge in [-0.05, 0) is 6.92 Å². The summed E-state index contributed by atoms with van der Waals surface area (Å²) in [5.41, 5.74) is 0.